The van der Waals surface area contributed by atoms with E-state index in [1.165, 1.54) is 22.9 Å². The molecule has 1 aliphatic heterocycles. The number of nitrogens with one attached hydrogen (secondary N) is 1. The van der Waals surface area contributed by atoms with Gasteiger partial charge >= 0.3 is 6.18 Å². The molecular formula is C19H22ClF3N4O2. The fourth-order valence-electron chi connectivity index (χ4n) is 3.39. The van der Waals surface area contributed by atoms with Crippen molar-refractivity contribution in [3.05, 3.63) is 57.5 Å². The van der Waals surface area contributed by atoms with Gasteiger partial charge in [0.15, 0.2) is 5.69 Å². The van der Waals surface area contributed by atoms with Crippen LogP contribution in [-0.2, 0) is 6.18 Å². The number of amides is 1. The number of likely N-dealkylation sites (tertiary alicyclic amines) is 1. The Labute approximate surface area is 172 Å². The summed E-state index contributed by atoms with van der Waals surface area (Å²) < 4.78 is 40.2. The molecule has 10 heteroatoms. The molecule has 2 heterocycles. The molecule has 29 heavy (non-hydrogen) atoms. The summed E-state index contributed by atoms with van der Waals surface area (Å²) in [7, 11) is 1.83. The Morgan fingerprint density at radius 3 is 2.69 bits per heavy atom. The first-order valence-electron chi connectivity index (χ1n) is 8.93. The van der Waals surface area contributed by atoms with Crippen molar-refractivity contribution in [2.75, 3.05) is 26.7 Å². The third-order valence-electron chi connectivity index (χ3n) is 4.79. The highest BCUT2D eigenvalue weighted by Crippen LogP contribution is 2.30. The van der Waals surface area contributed by atoms with Crippen LogP contribution in [0.3, 0.4) is 0 Å². The summed E-state index contributed by atoms with van der Waals surface area (Å²) in [4.78, 5) is 26.7. The summed E-state index contributed by atoms with van der Waals surface area (Å²) in [6.07, 6.45) is -3.68. The Hall–Kier alpha value is -2.39. The zero-order valence-corrected chi connectivity index (χ0v) is 16.8. The fourth-order valence-corrected chi connectivity index (χ4v) is 3.39. The maximum atomic E-state index is 13.0. The van der Waals surface area contributed by atoms with Gasteiger partial charge in [-0.3, -0.25) is 9.59 Å². The summed E-state index contributed by atoms with van der Waals surface area (Å²) in [6.45, 7) is 3.35. The van der Waals surface area contributed by atoms with Gasteiger partial charge in [-0.2, -0.15) is 18.3 Å². The number of rotatable bonds is 4. The number of alkyl halides is 3. The normalized spacial score (nSPS) is 16.6. The lowest BCUT2D eigenvalue weighted by molar-refractivity contribution is -0.137. The lowest BCUT2D eigenvalue weighted by atomic mass is 10.1. The third-order valence-corrected chi connectivity index (χ3v) is 4.79. The van der Waals surface area contributed by atoms with E-state index in [1.54, 1.807) is 11.8 Å². The second-order valence-electron chi connectivity index (χ2n) is 6.92. The van der Waals surface area contributed by atoms with Crippen LogP contribution in [0.2, 0.25) is 0 Å². The van der Waals surface area contributed by atoms with E-state index in [0.717, 1.165) is 25.1 Å². The molecule has 2 aromatic rings. The molecule has 1 fully saturated rings. The van der Waals surface area contributed by atoms with E-state index in [-0.39, 0.29) is 23.8 Å². The number of halogens is 4. The average molecular weight is 431 g/mol. The Balaban J connectivity index is 0.00000300. The minimum absolute atomic E-state index is 0. The Morgan fingerprint density at radius 1 is 1.31 bits per heavy atom. The Bertz CT molecular complexity index is 946. The van der Waals surface area contributed by atoms with Crippen molar-refractivity contribution in [3.63, 3.8) is 0 Å². The van der Waals surface area contributed by atoms with E-state index < -0.39 is 23.1 Å². The first-order valence-corrected chi connectivity index (χ1v) is 8.93. The van der Waals surface area contributed by atoms with Crippen LogP contribution in [0.15, 0.2) is 35.1 Å². The molecule has 0 radical (unpaired) electrons. The van der Waals surface area contributed by atoms with Crippen LogP contribution in [0.5, 0.6) is 0 Å². The van der Waals surface area contributed by atoms with Crippen LogP contribution in [0, 0.1) is 12.8 Å². The molecule has 3 rings (SSSR count). The lowest BCUT2D eigenvalue weighted by Gasteiger charge is -2.17. The summed E-state index contributed by atoms with van der Waals surface area (Å²) in [5.74, 6) is -0.200. The first-order chi connectivity index (χ1) is 13.2. The van der Waals surface area contributed by atoms with Crippen LogP contribution in [0.25, 0.3) is 5.69 Å². The average Bonchev–Trinajstić information content (AvgIpc) is 3.10. The highest BCUT2D eigenvalue weighted by atomic mass is 35.5. The molecule has 1 amide bonds. The lowest BCUT2D eigenvalue weighted by Crippen LogP contribution is -2.35. The van der Waals surface area contributed by atoms with Crippen LogP contribution in [-0.4, -0.2) is 47.3 Å². The third kappa shape index (κ3) is 4.97. The number of nitrogens with zero attached hydrogens (tertiary/aromatic N) is 3. The molecule has 1 aromatic carbocycles. The first kappa shape index (κ1) is 22.9. The van der Waals surface area contributed by atoms with Crippen LogP contribution in [0.1, 0.15) is 28.2 Å². The Kier molecular flexibility index (Phi) is 7.07. The molecule has 0 saturated carbocycles. The molecule has 1 atom stereocenters. The SMILES string of the molecule is CNCC1CCN(C(=O)c2nn(-c3cccc(C(F)(F)F)c3)c(C)cc2=O)C1.Cl. The molecular weight excluding hydrogens is 409 g/mol. The van der Waals surface area contributed by atoms with E-state index in [4.69, 9.17) is 0 Å². The van der Waals surface area contributed by atoms with Crippen LogP contribution in [0.4, 0.5) is 13.2 Å². The molecule has 1 unspecified atom stereocenters. The van der Waals surface area contributed by atoms with Crippen molar-refractivity contribution in [3.8, 4) is 5.69 Å². The van der Waals surface area contributed by atoms with Crippen molar-refractivity contribution in [2.24, 2.45) is 5.92 Å². The van der Waals surface area contributed by atoms with E-state index in [9.17, 15) is 22.8 Å². The van der Waals surface area contributed by atoms with Crippen molar-refractivity contribution in [1.29, 1.82) is 0 Å². The molecule has 0 spiro atoms. The van der Waals surface area contributed by atoms with Crippen molar-refractivity contribution >= 4 is 18.3 Å². The monoisotopic (exact) mass is 430 g/mol. The second kappa shape index (κ2) is 8.96. The van der Waals surface area contributed by atoms with E-state index in [1.807, 2.05) is 7.05 Å². The van der Waals surface area contributed by atoms with E-state index in [2.05, 4.69) is 10.4 Å². The van der Waals surface area contributed by atoms with E-state index in [0.29, 0.717) is 24.7 Å². The van der Waals surface area contributed by atoms with Gasteiger partial charge in [-0.1, -0.05) is 6.07 Å². The molecule has 1 aromatic heterocycles. The topological polar surface area (TPSA) is 67.2 Å². The maximum absolute atomic E-state index is 13.0. The number of hydrogen-bond acceptors (Lipinski definition) is 4. The van der Waals surface area contributed by atoms with Crippen molar-refractivity contribution < 1.29 is 18.0 Å². The minimum Gasteiger partial charge on any atom is -0.337 e. The standard InChI is InChI=1S/C19H21F3N4O2.ClH/c1-12-8-16(27)17(18(28)25-7-6-13(11-25)10-23-2)24-26(12)15-5-3-4-14(9-15)19(20,21)22;/h3-5,8-9,13,23H,6-7,10-11H2,1-2H3;1H. The van der Waals surface area contributed by atoms with Crippen molar-refractivity contribution in [1.82, 2.24) is 20.0 Å². The zero-order valence-electron chi connectivity index (χ0n) is 16.0. The summed E-state index contributed by atoms with van der Waals surface area (Å²) in [5.41, 5.74) is -1.17. The number of carbonyl (C=O) groups is 1. The largest absolute Gasteiger partial charge is 0.416 e. The van der Waals surface area contributed by atoms with Gasteiger partial charge in [0.25, 0.3) is 5.91 Å². The minimum atomic E-state index is -4.50. The van der Waals surface area contributed by atoms with Gasteiger partial charge in [-0.05, 0) is 51.1 Å². The smallest absolute Gasteiger partial charge is 0.337 e. The predicted molar refractivity (Wildman–Crippen MR) is 105 cm³/mol. The van der Waals surface area contributed by atoms with Crippen LogP contribution < -0.4 is 10.7 Å². The number of benzene rings is 1. The molecule has 1 aliphatic rings. The van der Waals surface area contributed by atoms with Gasteiger partial charge in [-0.15, -0.1) is 12.4 Å². The molecule has 158 valence electrons. The fraction of sp³-hybridized carbons (Fsp3) is 0.421. The number of hydrogen-bond donors (Lipinski definition) is 1. The van der Waals surface area contributed by atoms with Gasteiger partial charge in [-0.25, -0.2) is 4.68 Å². The maximum Gasteiger partial charge on any atom is 0.416 e. The summed E-state index contributed by atoms with van der Waals surface area (Å²) in [5, 5.41) is 7.18. The number of carbonyl (C=O) groups excluding carboxylic acids is 1. The van der Waals surface area contributed by atoms with Crippen molar-refractivity contribution in [2.45, 2.75) is 19.5 Å². The van der Waals surface area contributed by atoms with Gasteiger partial charge < -0.3 is 10.2 Å². The molecule has 0 bridgehead atoms. The van der Waals surface area contributed by atoms with E-state index >= 15 is 0 Å². The summed E-state index contributed by atoms with van der Waals surface area (Å²) >= 11 is 0. The molecule has 1 N–H and O–H groups in total. The van der Waals surface area contributed by atoms with Gasteiger partial charge in [0.2, 0.25) is 5.43 Å². The Morgan fingerprint density at radius 2 is 2.03 bits per heavy atom. The molecule has 6 nitrogen and oxygen atoms in total. The molecule has 0 aliphatic carbocycles. The summed E-state index contributed by atoms with van der Waals surface area (Å²) in [6, 6.07) is 5.84. The highest BCUT2D eigenvalue weighted by Gasteiger charge is 2.31. The quantitative estimate of drug-likeness (QED) is 0.809. The van der Waals surface area contributed by atoms with Gasteiger partial charge in [0.1, 0.15) is 0 Å². The predicted octanol–water partition coefficient (Wildman–Crippen LogP) is 2.66. The van der Waals surface area contributed by atoms with Crippen LogP contribution >= 0.6 is 12.4 Å². The highest BCUT2D eigenvalue weighted by molar-refractivity contribution is 5.92. The molecule has 1 saturated heterocycles. The second-order valence-corrected chi connectivity index (χ2v) is 6.92. The number of aromatic nitrogens is 2. The van der Waals surface area contributed by atoms with Gasteiger partial charge in [0, 0.05) is 24.8 Å². The zero-order chi connectivity index (χ0) is 20.5. The number of aryl methyl sites for hydroxylation is 1. The van der Waals surface area contributed by atoms with Gasteiger partial charge in [0.05, 0.1) is 11.3 Å².